The highest BCUT2D eigenvalue weighted by molar-refractivity contribution is 5.77. The van der Waals surface area contributed by atoms with Crippen molar-refractivity contribution in [3.63, 3.8) is 0 Å². The van der Waals surface area contributed by atoms with Gasteiger partial charge in [-0.2, -0.15) is 0 Å². The fraction of sp³-hybridized carbons (Fsp3) is 0.667. The number of amides is 1. The summed E-state index contributed by atoms with van der Waals surface area (Å²) in [7, 11) is 1.37. The highest BCUT2D eigenvalue weighted by Gasteiger charge is 2.20. The summed E-state index contributed by atoms with van der Waals surface area (Å²) in [4.78, 5) is 25.6. The first kappa shape index (κ1) is 17.6. The predicted octanol–water partition coefficient (Wildman–Crippen LogP) is 3.53. The number of ether oxygens (including phenoxy) is 1. The number of hydrogen-bond acceptors (Lipinski definition) is 4. The molecule has 1 aliphatic rings. The van der Waals surface area contributed by atoms with Crippen LogP contribution in [0.3, 0.4) is 0 Å². The molecule has 1 fully saturated rings. The van der Waals surface area contributed by atoms with Crippen molar-refractivity contribution >= 4 is 11.9 Å². The summed E-state index contributed by atoms with van der Waals surface area (Å²) in [6.45, 7) is 0.782. The van der Waals surface area contributed by atoms with E-state index in [4.69, 9.17) is 4.42 Å². The third kappa shape index (κ3) is 6.08. The van der Waals surface area contributed by atoms with Crippen LogP contribution in [0.15, 0.2) is 22.8 Å². The Morgan fingerprint density at radius 3 is 2.70 bits per heavy atom. The number of hydrogen-bond donors (Lipinski definition) is 0. The van der Waals surface area contributed by atoms with E-state index in [1.165, 1.54) is 39.2 Å². The maximum atomic E-state index is 12.5. The Kier molecular flexibility index (Phi) is 7.17. The Morgan fingerprint density at radius 2 is 2.04 bits per heavy atom. The van der Waals surface area contributed by atoms with Crippen molar-refractivity contribution in [2.75, 3.05) is 13.7 Å². The molecule has 1 heterocycles. The van der Waals surface area contributed by atoms with Gasteiger partial charge in [0.05, 0.1) is 26.3 Å². The first-order valence-electron chi connectivity index (χ1n) is 8.56. The lowest BCUT2D eigenvalue weighted by Gasteiger charge is -2.24. The minimum atomic E-state index is -0.297. The van der Waals surface area contributed by atoms with E-state index >= 15 is 0 Å². The smallest absolute Gasteiger partial charge is 0.307 e. The molecule has 0 aliphatic heterocycles. The van der Waals surface area contributed by atoms with Gasteiger partial charge in [0.25, 0.3) is 0 Å². The molecule has 1 amide bonds. The first-order chi connectivity index (χ1) is 11.2. The summed E-state index contributed by atoms with van der Waals surface area (Å²) in [5.74, 6) is 1.21. The largest absolute Gasteiger partial charge is 0.469 e. The highest BCUT2D eigenvalue weighted by atomic mass is 16.5. The molecule has 23 heavy (non-hydrogen) atoms. The third-order valence-electron chi connectivity index (χ3n) is 4.58. The maximum Gasteiger partial charge on any atom is 0.307 e. The van der Waals surface area contributed by atoms with E-state index in [-0.39, 0.29) is 18.3 Å². The van der Waals surface area contributed by atoms with E-state index in [0.717, 1.165) is 12.2 Å². The van der Waals surface area contributed by atoms with Gasteiger partial charge in [0, 0.05) is 13.0 Å². The summed E-state index contributed by atoms with van der Waals surface area (Å²) < 4.78 is 10.0. The molecule has 0 aromatic carbocycles. The van der Waals surface area contributed by atoms with Crippen molar-refractivity contribution in [2.45, 2.75) is 57.9 Å². The van der Waals surface area contributed by atoms with Crippen LogP contribution in [-0.2, 0) is 20.9 Å². The molecule has 1 aromatic rings. The Labute approximate surface area is 138 Å². The van der Waals surface area contributed by atoms with Crippen molar-refractivity contribution < 1.29 is 18.7 Å². The molecular weight excluding hydrogens is 294 g/mol. The maximum absolute atomic E-state index is 12.5. The molecule has 1 aromatic heterocycles. The van der Waals surface area contributed by atoms with Crippen LogP contribution >= 0.6 is 0 Å². The molecule has 5 nitrogen and oxygen atoms in total. The zero-order valence-electron chi connectivity index (χ0n) is 14.0. The summed E-state index contributed by atoms with van der Waals surface area (Å²) in [6, 6.07) is 3.65. The zero-order valence-corrected chi connectivity index (χ0v) is 14.0. The van der Waals surface area contributed by atoms with Crippen molar-refractivity contribution in [2.24, 2.45) is 5.92 Å². The van der Waals surface area contributed by atoms with Gasteiger partial charge in [0.1, 0.15) is 5.76 Å². The number of nitrogens with zero attached hydrogens (tertiary/aromatic N) is 1. The zero-order chi connectivity index (χ0) is 16.5. The van der Waals surface area contributed by atoms with E-state index < -0.39 is 0 Å². The minimum Gasteiger partial charge on any atom is -0.469 e. The number of methoxy groups -OCH3 is 1. The molecule has 0 bridgehead atoms. The molecule has 0 N–H and O–H groups in total. The quantitative estimate of drug-likeness (QED) is 0.687. The van der Waals surface area contributed by atoms with Gasteiger partial charge < -0.3 is 14.1 Å². The molecular formula is C18H27NO4. The second kappa shape index (κ2) is 9.38. The molecule has 2 rings (SSSR count). The normalized spacial score (nSPS) is 15.3. The van der Waals surface area contributed by atoms with E-state index in [1.807, 2.05) is 6.07 Å². The van der Waals surface area contributed by atoms with E-state index in [1.54, 1.807) is 17.2 Å². The Balaban J connectivity index is 1.85. The summed E-state index contributed by atoms with van der Waals surface area (Å²) in [5, 5.41) is 0. The fourth-order valence-electron chi connectivity index (χ4n) is 3.17. The predicted molar refractivity (Wildman–Crippen MR) is 86.6 cm³/mol. The van der Waals surface area contributed by atoms with E-state index in [2.05, 4.69) is 4.74 Å². The first-order valence-corrected chi connectivity index (χ1v) is 8.56. The standard InChI is InChI=1S/C18H27NO4/c1-22-18(21)11-12-19(14-16-8-5-13-23-16)17(20)10-9-15-6-3-2-4-7-15/h5,8,13,15H,2-4,6-7,9-12,14H2,1H3. The molecule has 0 radical (unpaired) electrons. The van der Waals surface area contributed by atoms with Crippen molar-refractivity contribution in [3.8, 4) is 0 Å². The molecule has 128 valence electrons. The van der Waals surface area contributed by atoms with Crippen LogP contribution in [-0.4, -0.2) is 30.4 Å². The lowest BCUT2D eigenvalue weighted by molar-refractivity contribution is -0.142. The van der Waals surface area contributed by atoms with Gasteiger partial charge in [-0.3, -0.25) is 9.59 Å². The molecule has 0 atom stereocenters. The average molecular weight is 321 g/mol. The molecule has 1 saturated carbocycles. The Bertz CT molecular complexity index is 477. The highest BCUT2D eigenvalue weighted by Crippen LogP contribution is 2.27. The van der Waals surface area contributed by atoms with E-state index in [0.29, 0.717) is 25.4 Å². The minimum absolute atomic E-state index is 0.0934. The van der Waals surface area contributed by atoms with Crippen molar-refractivity contribution in [1.29, 1.82) is 0 Å². The van der Waals surface area contributed by atoms with Gasteiger partial charge in [-0.25, -0.2) is 0 Å². The Morgan fingerprint density at radius 1 is 1.26 bits per heavy atom. The van der Waals surface area contributed by atoms with Crippen LogP contribution in [0.2, 0.25) is 0 Å². The average Bonchev–Trinajstić information content (AvgIpc) is 3.10. The number of carbonyl (C=O) groups is 2. The number of rotatable bonds is 8. The summed E-state index contributed by atoms with van der Waals surface area (Å²) >= 11 is 0. The van der Waals surface area contributed by atoms with Crippen LogP contribution in [0.4, 0.5) is 0 Å². The van der Waals surface area contributed by atoms with Gasteiger partial charge in [-0.05, 0) is 24.5 Å². The Hall–Kier alpha value is -1.78. The molecule has 0 saturated heterocycles. The van der Waals surface area contributed by atoms with Gasteiger partial charge in [-0.15, -0.1) is 0 Å². The lowest BCUT2D eigenvalue weighted by atomic mass is 9.86. The summed E-state index contributed by atoms with van der Waals surface area (Å²) in [5.41, 5.74) is 0. The van der Waals surface area contributed by atoms with Crippen LogP contribution in [0.25, 0.3) is 0 Å². The van der Waals surface area contributed by atoms with Crippen molar-refractivity contribution in [3.05, 3.63) is 24.2 Å². The number of esters is 1. The fourth-order valence-corrected chi connectivity index (χ4v) is 3.17. The second-order valence-electron chi connectivity index (χ2n) is 6.26. The lowest BCUT2D eigenvalue weighted by Crippen LogP contribution is -2.33. The van der Waals surface area contributed by atoms with E-state index in [9.17, 15) is 9.59 Å². The van der Waals surface area contributed by atoms with Gasteiger partial charge in [0.15, 0.2) is 0 Å². The van der Waals surface area contributed by atoms with Crippen LogP contribution in [0.5, 0.6) is 0 Å². The van der Waals surface area contributed by atoms with Crippen molar-refractivity contribution in [1.82, 2.24) is 4.90 Å². The summed E-state index contributed by atoms with van der Waals surface area (Å²) in [6.07, 6.45) is 9.70. The molecule has 5 heteroatoms. The molecule has 0 unspecified atom stereocenters. The number of carbonyl (C=O) groups excluding carboxylic acids is 2. The van der Waals surface area contributed by atoms with Crippen LogP contribution in [0.1, 0.15) is 57.1 Å². The number of furan rings is 1. The monoisotopic (exact) mass is 321 g/mol. The van der Waals surface area contributed by atoms with Crippen LogP contribution in [0, 0.1) is 5.92 Å². The van der Waals surface area contributed by atoms with Gasteiger partial charge in [-0.1, -0.05) is 32.1 Å². The molecule has 1 aliphatic carbocycles. The van der Waals surface area contributed by atoms with Crippen LogP contribution < -0.4 is 0 Å². The third-order valence-corrected chi connectivity index (χ3v) is 4.58. The second-order valence-corrected chi connectivity index (χ2v) is 6.26. The SMILES string of the molecule is COC(=O)CCN(Cc1ccco1)C(=O)CCC1CCCCC1. The van der Waals surface area contributed by atoms with Gasteiger partial charge >= 0.3 is 5.97 Å². The topological polar surface area (TPSA) is 59.8 Å². The van der Waals surface area contributed by atoms with Gasteiger partial charge in [0.2, 0.25) is 5.91 Å². The molecule has 0 spiro atoms.